The van der Waals surface area contributed by atoms with Crippen LogP contribution in [-0.4, -0.2) is 87.8 Å². The van der Waals surface area contributed by atoms with E-state index in [0.717, 1.165) is 69.9 Å². The number of amides is 7. The van der Waals surface area contributed by atoms with Gasteiger partial charge in [0.05, 0.1) is 28.0 Å². The highest BCUT2D eigenvalue weighted by Gasteiger charge is 2.52. The standard InChI is InChI=1S/C53H63ClN2O6.C44H57ClN4O6/c1-10-52(6,7)39-23-30-46(43(33-39)53(8,9)11-2)60-31-15-18-47(57)55-40-24-29-44(54)45(34-40)56-50(59)48(49(58)51(3,4)5)62-42-27-21-37(22-28-42)32-36-19-25-41(26-20-36)61-35-38-16-13-12-14-17-38;1-12-34(55-35-23-20-29(43(8,9)13-2)24-31(35)44(10,11)14-3)38(51)46-30-21-22-32(45)33(25-30)47-39(52)36(37(50)42(5,6)7)49-40(53)27(4)48(41(49)54)26-28-18-16-15-17-19-28/h12-14,16-17,19-30,33-34,48H,10-11,15,18,31-32,35H2,1-9H3,(H,55,57)(H,56,59);15-25,27,34,36H,12-14,26H2,1-11H3,(H,46,51)(H,47,52). The number of anilines is 4. The molecule has 4 N–H and O–H groups in total. The SMILES string of the molecule is CCC(C)(C)c1ccc(OCCCC(=O)Nc2ccc(Cl)c(NC(=O)C(Oc3ccc(Cc4ccc(OCc5ccccc5)cc4)cc3)C(=O)C(C)(C)C)c2)c(C(C)(C)CC)c1.CCC(Oc1ccc(C(C)(C)CC)cc1C(C)(C)CC)C(=O)Nc1ccc(Cl)c(NC(=O)C(C(=O)C(C)(C)C)N2C(=O)C(C)N(Cc3ccccc3)C2=O)c1. The topological polar surface area (TPSA) is 228 Å². The average Bonchev–Trinajstić information content (AvgIpc) is 1.65. The predicted molar refractivity (Wildman–Crippen MR) is 470 cm³/mol. The van der Waals surface area contributed by atoms with Crippen molar-refractivity contribution in [1.29, 1.82) is 0 Å². The molecular formula is C97H120Cl2N6O12. The second-order valence-corrected chi connectivity index (χ2v) is 35.7. The van der Waals surface area contributed by atoms with Gasteiger partial charge in [-0.25, -0.2) is 9.69 Å². The van der Waals surface area contributed by atoms with Crippen molar-refractivity contribution >= 4 is 93.1 Å². The zero-order valence-corrected chi connectivity index (χ0v) is 73.5. The number of ether oxygens (including phenoxy) is 4. The van der Waals surface area contributed by atoms with Gasteiger partial charge in [-0.1, -0.05) is 264 Å². The zero-order chi connectivity index (χ0) is 86.1. The molecule has 18 nitrogen and oxygen atoms in total. The molecule has 8 aromatic carbocycles. The maximum absolute atomic E-state index is 14.1. The summed E-state index contributed by atoms with van der Waals surface area (Å²) in [6.45, 7) is 40.9. The number of Topliss-reactive ketones (excluding diaryl/α,β-unsaturated/α-hetero) is 2. The van der Waals surface area contributed by atoms with Crippen LogP contribution in [-0.2, 0) is 74.8 Å². The van der Waals surface area contributed by atoms with Crippen molar-refractivity contribution in [2.45, 2.75) is 249 Å². The van der Waals surface area contributed by atoms with E-state index in [-0.39, 0.29) is 62.0 Å². The average molecular weight is 1630 g/mol. The molecule has 1 aliphatic heterocycles. The Morgan fingerprint density at radius 3 is 1.43 bits per heavy atom. The molecule has 1 aliphatic rings. The zero-order valence-electron chi connectivity index (χ0n) is 72.0. The fourth-order valence-electron chi connectivity index (χ4n) is 13.0. The molecule has 0 aromatic heterocycles. The molecule has 624 valence electrons. The van der Waals surface area contributed by atoms with Crippen molar-refractivity contribution in [2.24, 2.45) is 10.8 Å². The molecular weight excluding hydrogens is 1510 g/mol. The van der Waals surface area contributed by atoms with Gasteiger partial charge in [-0.15, -0.1) is 0 Å². The van der Waals surface area contributed by atoms with Crippen molar-refractivity contribution in [3.63, 3.8) is 0 Å². The van der Waals surface area contributed by atoms with Gasteiger partial charge < -0.3 is 45.1 Å². The molecule has 8 aromatic rings. The number of carbonyl (C=O) groups is 8. The molecule has 1 heterocycles. The van der Waals surface area contributed by atoms with E-state index >= 15 is 0 Å². The van der Waals surface area contributed by atoms with Crippen molar-refractivity contribution in [3.8, 4) is 23.0 Å². The lowest BCUT2D eigenvalue weighted by Crippen LogP contribution is -2.55. The number of benzene rings is 8. The van der Waals surface area contributed by atoms with Crippen molar-refractivity contribution in [3.05, 3.63) is 237 Å². The van der Waals surface area contributed by atoms with Gasteiger partial charge in [0.2, 0.25) is 12.0 Å². The number of hydrogen-bond acceptors (Lipinski definition) is 12. The number of hydrogen-bond donors (Lipinski definition) is 4. The number of ketones is 2. The van der Waals surface area contributed by atoms with Crippen LogP contribution in [0.4, 0.5) is 27.5 Å². The minimum absolute atomic E-state index is 0.0267. The Labute approximate surface area is 703 Å². The van der Waals surface area contributed by atoms with Crippen LogP contribution in [0.2, 0.25) is 10.0 Å². The fraction of sp³-hybridized carbons (Fsp3) is 0.423. The highest BCUT2D eigenvalue weighted by atomic mass is 35.5. The number of urea groups is 1. The predicted octanol–water partition coefficient (Wildman–Crippen LogP) is 22.0. The number of halogens is 2. The summed E-state index contributed by atoms with van der Waals surface area (Å²) in [6.07, 6.45) is 3.31. The minimum Gasteiger partial charge on any atom is -0.493 e. The minimum atomic E-state index is -1.77. The van der Waals surface area contributed by atoms with Crippen LogP contribution in [0.3, 0.4) is 0 Å². The van der Waals surface area contributed by atoms with Gasteiger partial charge in [0.15, 0.2) is 23.7 Å². The quantitative estimate of drug-likeness (QED) is 0.0165. The molecule has 0 bridgehead atoms. The number of imide groups is 1. The van der Waals surface area contributed by atoms with Crippen molar-refractivity contribution in [2.75, 3.05) is 27.9 Å². The summed E-state index contributed by atoms with van der Waals surface area (Å²) in [5.74, 6) is -1.22. The lowest BCUT2D eigenvalue weighted by Gasteiger charge is -2.31. The molecule has 0 saturated carbocycles. The van der Waals surface area contributed by atoms with Gasteiger partial charge in [-0.3, -0.25) is 33.6 Å². The van der Waals surface area contributed by atoms with Crippen molar-refractivity contribution < 1.29 is 57.3 Å². The number of rotatable bonds is 35. The summed E-state index contributed by atoms with van der Waals surface area (Å²) in [7, 11) is 0. The van der Waals surface area contributed by atoms with E-state index in [1.165, 1.54) is 33.7 Å². The second-order valence-electron chi connectivity index (χ2n) is 34.9. The second kappa shape index (κ2) is 39.8. The summed E-state index contributed by atoms with van der Waals surface area (Å²) in [4.78, 5) is 112. The molecule has 117 heavy (non-hydrogen) atoms. The van der Waals surface area contributed by atoms with E-state index in [0.29, 0.717) is 55.4 Å². The first-order valence-electron chi connectivity index (χ1n) is 40.7. The molecule has 20 heteroatoms. The molecule has 1 saturated heterocycles. The monoisotopic (exact) mass is 1630 g/mol. The van der Waals surface area contributed by atoms with Gasteiger partial charge in [-0.05, 0) is 180 Å². The van der Waals surface area contributed by atoms with Crippen LogP contribution < -0.4 is 40.2 Å². The normalized spacial score (nSPS) is 14.1. The Bertz CT molecular complexity index is 4800. The Morgan fingerprint density at radius 1 is 0.462 bits per heavy atom. The molecule has 0 aliphatic carbocycles. The Morgan fingerprint density at radius 2 is 0.932 bits per heavy atom. The Hall–Kier alpha value is -10.3. The van der Waals surface area contributed by atoms with Gasteiger partial charge in [0, 0.05) is 46.3 Å². The van der Waals surface area contributed by atoms with Crippen LogP contribution in [0.5, 0.6) is 23.0 Å². The summed E-state index contributed by atoms with van der Waals surface area (Å²) in [5.41, 5.74) is 7.59. The number of nitrogens with zero attached hydrogens (tertiary/aromatic N) is 2. The van der Waals surface area contributed by atoms with Crippen LogP contribution in [0.15, 0.2) is 182 Å². The van der Waals surface area contributed by atoms with Gasteiger partial charge >= 0.3 is 6.03 Å². The molecule has 0 radical (unpaired) electrons. The molecule has 9 rings (SSSR count). The number of carbonyl (C=O) groups excluding carboxylic acids is 8. The fourth-order valence-corrected chi connectivity index (χ4v) is 13.3. The lowest BCUT2D eigenvalue weighted by molar-refractivity contribution is -0.143. The Kier molecular flexibility index (Phi) is 31.3. The van der Waals surface area contributed by atoms with Crippen LogP contribution >= 0.6 is 23.2 Å². The maximum Gasteiger partial charge on any atom is 0.328 e. The largest absolute Gasteiger partial charge is 0.493 e. The lowest BCUT2D eigenvalue weighted by atomic mass is 9.76. The highest BCUT2D eigenvalue weighted by Crippen LogP contribution is 2.42. The third-order valence-corrected chi connectivity index (χ3v) is 23.1. The van der Waals surface area contributed by atoms with Crippen LogP contribution in [0.25, 0.3) is 0 Å². The maximum atomic E-state index is 14.1. The van der Waals surface area contributed by atoms with E-state index in [4.69, 9.17) is 42.1 Å². The molecule has 0 spiro atoms. The smallest absolute Gasteiger partial charge is 0.328 e. The van der Waals surface area contributed by atoms with Gasteiger partial charge in [0.25, 0.3) is 23.6 Å². The van der Waals surface area contributed by atoms with Gasteiger partial charge in [-0.2, -0.15) is 0 Å². The highest BCUT2D eigenvalue weighted by molar-refractivity contribution is 6.35. The van der Waals surface area contributed by atoms with E-state index in [1.54, 1.807) is 84.9 Å². The molecule has 1 fully saturated rings. The van der Waals surface area contributed by atoms with E-state index in [9.17, 15) is 38.4 Å². The summed E-state index contributed by atoms with van der Waals surface area (Å²) < 4.78 is 24.7. The van der Waals surface area contributed by atoms with E-state index in [2.05, 4.69) is 135 Å². The molecule has 4 atom stereocenters. The summed E-state index contributed by atoms with van der Waals surface area (Å²) >= 11 is 13.1. The molecule has 7 amide bonds. The Balaban J connectivity index is 0.000000294. The first-order valence-corrected chi connectivity index (χ1v) is 41.5. The summed E-state index contributed by atoms with van der Waals surface area (Å²) in [5, 5.41) is 11.6. The van der Waals surface area contributed by atoms with E-state index < -0.39 is 76.3 Å². The number of nitrogens with one attached hydrogen (secondary N) is 4. The van der Waals surface area contributed by atoms with E-state index in [1.807, 2.05) is 110 Å². The van der Waals surface area contributed by atoms with Crippen molar-refractivity contribution in [1.82, 2.24) is 9.80 Å². The first-order chi connectivity index (χ1) is 55.0. The van der Waals surface area contributed by atoms with Crippen LogP contribution in [0.1, 0.15) is 228 Å². The summed E-state index contributed by atoms with van der Waals surface area (Å²) in [6, 6.07) is 53.2. The van der Waals surface area contributed by atoms with Gasteiger partial charge in [0.1, 0.15) is 35.6 Å². The molecule has 4 unspecified atom stereocenters. The third kappa shape index (κ3) is 24.4. The third-order valence-electron chi connectivity index (χ3n) is 22.4. The van der Waals surface area contributed by atoms with Crippen LogP contribution in [0, 0.1) is 10.8 Å². The first kappa shape index (κ1) is 92.2.